The van der Waals surface area contributed by atoms with Crippen molar-refractivity contribution in [2.45, 2.75) is 32.9 Å². The van der Waals surface area contributed by atoms with Gasteiger partial charge in [-0.2, -0.15) is 0 Å². The molecule has 1 unspecified atom stereocenters. The maximum absolute atomic E-state index is 14.3. The standard InChI is InChI=1S/C24H22FN3O3/c1-13(2)31-24-18(25)11-15(12-26-24)22(29)27-19-10-6-9-17-20(19)21(28-23(17)30)16-8-5-4-7-14(16)3/h4-13,21H,1-3H3,(H,27,29)(H,28,30). The Morgan fingerprint density at radius 1 is 1.19 bits per heavy atom. The van der Waals surface area contributed by atoms with Crippen LogP contribution in [0.5, 0.6) is 5.88 Å². The van der Waals surface area contributed by atoms with Gasteiger partial charge in [0.2, 0.25) is 0 Å². The van der Waals surface area contributed by atoms with Gasteiger partial charge in [-0.25, -0.2) is 9.37 Å². The van der Waals surface area contributed by atoms with Gasteiger partial charge >= 0.3 is 0 Å². The zero-order valence-electron chi connectivity index (χ0n) is 17.4. The quantitative estimate of drug-likeness (QED) is 0.642. The third-order valence-corrected chi connectivity index (χ3v) is 5.08. The molecule has 2 amide bonds. The lowest BCUT2D eigenvalue weighted by molar-refractivity contribution is 0.0959. The molecule has 2 heterocycles. The molecule has 3 aromatic rings. The van der Waals surface area contributed by atoms with Crippen molar-refractivity contribution in [3.8, 4) is 5.88 Å². The Hall–Kier alpha value is -3.74. The predicted octanol–water partition coefficient (Wildman–Crippen LogP) is 4.40. The molecule has 0 saturated carbocycles. The molecule has 31 heavy (non-hydrogen) atoms. The number of carbonyl (C=O) groups excluding carboxylic acids is 2. The van der Waals surface area contributed by atoms with Crippen LogP contribution in [0.4, 0.5) is 10.1 Å². The first-order valence-corrected chi connectivity index (χ1v) is 9.98. The molecule has 4 rings (SSSR count). The molecular weight excluding hydrogens is 397 g/mol. The molecule has 0 aliphatic carbocycles. The van der Waals surface area contributed by atoms with Crippen LogP contribution < -0.4 is 15.4 Å². The summed E-state index contributed by atoms with van der Waals surface area (Å²) in [6.45, 7) is 5.49. The van der Waals surface area contributed by atoms with Crippen LogP contribution in [0.1, 0.15) is 57.3 Å². The van der Waals surface area contributed by atoms with E-state index in [1.165, 1.54) is 6.20 Å². The fraction of sp³-hybridized carbons (Fsp3) is 0.208. The predicted molar refractivity (Wildman–Crippen MR) is 115 cm³/mol. The lowest BCUT2D eigenvalue weighted by atomic mass is 9.93. The van der Waals surface area contributed by atoms with Gasteiger partial charge in [0, 0.05) is 23.0 Å². The van der Waals surface area contributed by atoms with Crippen LogP contribution in [0, 0.1) is 12.7 Å². The maximum atomic E-state index is 14.3. The van der Waals surface area contributed by atoms with E-state index in [0.717, 1.165) is 17.2 Å². The van der Waals surface area contributed by atoms with E-state index in [1.807, 2.05) is 31.2 Å². The van der Waals surface area contributed by atoms with Crippen molar-refractivity contribution >= 4 is 17.5 Å². The fourth-order valence-electron chi connectivity index (χ4n) is 3.66. The summed E-state index contributed by atoms with van der Waals surface area (Å²) in [5, 5.41) is 5.79. The molecule has 158 valence electrons. The summed E-state index contributed by atoms with van der Waals surface area (Å²) in [5.41, 5.74) is 3.68. The number of carbonyl (C=O) groups is 2. The Bertz CT molecular complexity index is 1180. The van der Waals surface area contributed by atoms with Gasteiger partial charge in [0.15, 0.2) is 5.82 Å². The second-order valence-electron chi connectivity index (χ2n) is 7.66. The number of nitrogens with one attached hydrogen (secondary N) is 2. The molecule has 2 aromatic carbocycles. The van der Waals surface area contributed by atoms with E-state index in [0.29, 0.717) is 16.8 Å². The third kappa shape index (κ3) is 3.99. The Labute approximate surface area is 179 Å². The van der Waals surface area contributed by atoms with Crippen molar-refractivity contribution in [2.75, 3.05) is 5.32 Å². The average Bonchev–Trinajstić information content (AvgIpc) is 3.07. The molecule has 0 bridgehead atoms. The minimum absolute atomic E-state index is 0.0518. The number of anilines is 1. The number of aryl methyl sites for hydroxylation is 1. The molecule has 0 fully saturated rings. The van der Waals surface area contributed by atoms with Crippen molar-refractivity contribution in [3.05, 3.63) is 88.4 Å². The lowest BCUT2D eigenvalue weighted by Gasteiger charge is -2.18. The smallest absolute Gasteiger partial charge is 0.257 e. The number of nitrogens with zero attached hydrogens (tertiary/aromatic N) is 1. The summed E-state index contributed by atoms with van der Waals surface area (Å²) in [7, 11) is 0. The van der Waals surface area contributed by atoms with Crippen LogP contribution in [-0.2, 0) is 0 Å². The van der Waals surface area contributed by atoms with Crippen LogP contribution in [0.25, 0.3) is 0 Å². The molecule has 0 radical (unpaired) electrons. The van der Waals surface area contributed by atoms with E-state index in [4.69, 9.17) is 4.74 Å². The number of aromatic nitrogens is 1. The summed E-state index contributed by atoms with van der Waals surface area (Å²) in [5.74, 6) is -1.60. The van der Waals surface area contributed by atoms with E-state index >= 15 is 0 Å². The third-order valence-electron chi connectivity index (χ3n) is 5.08. The van der Waals surface area contributed by atoms with Crippen LogP contribution in [0.3, 0.4) is 0 Å². The number of rotatable bonds is 5. The molecular formula is C24H22FN3O3. The highest BCUT2D eigenvalue weighted by atomic mass is 19.1. The van der Waals surface area contributed by atoms with Gasteiger partial charge in [0.25, 0.3) is 17.7 Å². The Morgan fingerprint density at radius 3 is 2.68 bits per heavy atom. The second-order valence-corrected chi connectivity index (χ2v) is 7.66. The van der Waals surface area contributed by atoms with Crippen molar-refractivity contribution in [1.82, 2.24) is 10.3 Å². The second kappa shape index (κ2) is 8.18. The minimum atomic E-state index is -0.714. The minimum Gasteiger partial charge on any atom is -0.473 e. The number of ether oxygens (including phenoxy) is 1. The van der Waals surface area contributed by atoms with E-state index in [2.05, 4.69) is 15.6 Å². The number of benzene rings is 2. The molecule has 1 aliphatic rings. The van der Waals surface area contributed by atoms with Crippen LogP contribution in [-0.4, -0.2) is 22.9 Å². The van der Waals surface area contributed by atoms with E-state index in [9.17, 15) is 14.0 Å². The molecule has 1 atom stereocenters. The average molecular weight is 419 g/mol. The SMILES string of the molecule is Cc1ccccc1C1NC(=O)c2cccc(NC(=O)c3cnc(OC(C)C)c(F)c3)c21. The summed E-state index contributed by atoms with van der Waals surface area (Å²) in [6, 6.07) is 13.6. The topological polar surface area (TPSA) is 80.3 Å². The molecule has 7 heteroatoms. The van der Waals surface area contributed by atoms with E-state index < -0.39 is 17.8 Å². The number of amides is 2. The molecule has 0 saturated heterocycles. The molecule has 0 spiro atoms. The summed E-state index contributed by atoms with van der Waals surface area (Å²) in [4.78, 5) is 29.3. The Balaban J connectivity index is 1.67. The van der Waals surface area contributed by atoms with E-state index in [-0.39, 0.29) is 23.5 Å². The highest BCUT2D eigenvalue weighted by Crippen LogP contribution is 2.37. The van der Waals surface area contributed by atoms with Gasteiger partial charge in [-0.15, -0.1) is 0 Å². The van der Waals surface area contributed by atoms with Gasteiger partial charge in [-0.3, -0.25) is 9.59 Å². The molecule has 6 nitrogen and oxygen atoms in total. The molecule has 1 aliphatic heterocycles. The van der Waals surface area contributed by atoms with Crippen molar-refractivity contribution in [2.24, 2.45) is 0 Å². The molecule has 1 aromatic heterocycles. The first-order chi connectivity index (χ1) is 14.8. The zero-order chi connectivity index (χ0) is 22.1. The highest BCUT2D eigenvalue weighted by Gasteiger charge is 2.33. The zero-order valence-corrected chi connectivity index (χ0v) is 17.4. The van der Waals surface area contributed by atoms with E-state index in [1.54, 1.807) is 32.0 Å². The summed E-state index contributed by atoms with van der Waals surface area (Å²) in [6.07, 6.45) is 1.03. The fourth-order valence-corrected chi connectivity index (χ4v) is 3.66. The number of hydrogen-bond acceptors (Lipinski definition) is 4. The monoisotopic (exact) mass is 419 g/mol. The first kappa shape index (κ1) is 20.5. The lowest BCUT2D eigenvalue weighted by Crippen LogP contribution is -2.21. The highest BCUT2D eigenvalue weighted by molar-refractivity contribution is 6.07. The van der Waals surface area contributed by atoms with Crippen molar-refractivity contribution < 1.29 is 18.7 Å². The van der Waals surface area contributed by atoms with Gasteiger partial charge < -0.3 is 15.4 Å². The van der Waals surface area contributed by atoms with Gasteiger partial charge in [0.1, 0.15) is 0 Å². The van der Waals surface area contributed by atoms with Gasteiger partial charge in [0.05, 0.1) is 17.7 Å². The van der Waals surface area contributed by atoms with Crippen LogP contribution in [0.2, 0.25) is 0 Å². The summed E-state index contributed by atoms with van der Waals surface area (Å²) >= 11 is 0. The van der Waals surface area contributed by atoms with Crippen molar-refractivity contribution in [1.29, 1.82) is 0 Å². The Morgan fingerprint density at radius 2 is 1.97 bits per heavy atom. The largest absolute Gasteiger partial charge is 0.473 e. The van der Waals surface area contributed by atoms with Gasteiger partial charge in [-0.1, -0.05) is 30.3 Å². The number of fused-ring (bicyclic) bond motifs is 1. The van der Waals surface area contributed by atoms with Crippen LogP contribution >= 0.6 is 0 Å². The maximum Gasteiger partial charge on any atom is 0.257 e. The normalized spacial score (nSPS) is 14.9. The Kier molecular flexibility index (Phi) is 5.42. The number of hydrogen-bond donors (Lipinski definition) is 2. The first-order valence-electron chi connectivity index (χ1n) is 9.98. The number of pyridine rings is 1. The summed E-state index contributed by atoms with van der Waals surface area (Å²) < 4.78 is 19.6. The number of halogens is 1. The van der Waals surface area contributed by atoms with Gasteiger partial charge in [-0.05, 0) is 50.1 Å². The molecule has 2 N–H and O–H groups in total. The van der Waals surface area contributed by atoms with Crippen molar-refractivity contribution in [3.63, 3.8) is 0 Å². The van der Waals surface area contributed by atoms with Crippen LogP contribution in [0.15, 0.2) is 54.7 Å².